The van der Waals surface area contributed by atoms with Crippen LogP contribution in [0.15, 0.2) is 18.3 Å². The highest BCUT2D eigenvalue weighted by Gasteiger charge is 2.50. The average molecular weight is 775 g/mol. The minimum atomic E-state index is -4.79. The van der Waals surface area contributed by atoms with Gasteiger partial charge in [0, 0.05) is 55.6 Å². The summed E-state index contributed by atoms with van der Waals surface area (Å²) in [6, 6.07) is 4.75. The zero-order chi connectivity index (χ0) is 39.5. The number of carbonyl (C=O) groups excluding carboxylic acids is 1. The molecule has 4 saturated heterocycles. The number of fused-ring (bicyclic) bond motifs is 7. The van der Waals surface area contributed by atoms with Crippen LogP contribution in [0.1, 0.15) is 69.7 Å². The van der Waals surface area contributed by atoms with Crippen LogP contribution in [-0.2, 0) is 18.0 Å². The molecule has 13 nitrogen and oxygen atoms in total. The number of carbonyl (C=O) groups is 1. The van der Waals surface area contributed by atoms with E-state index in [4.69, 9.17) is 19.4 Å². The molecule has 4 fully saturated rings. The number of piperazine rings is 1. The van der Waals surface area contributed by atoms with Gasteiger partial charge in [-0.05, 0) is 77.6 Å². The van der Waals surface area contributed by atoms with Crippen LogP contribution in [-0.4, -0.2) is 108 Å². The molecule has 4 aliphatic rings. The fourth-order valence-electron chi connectivity index (χ4n) is 9.82. The molecule has 8 heterocycles. The van der Waals surface area contributed by atoms with Crippen molar-refractivity contribution in [2.24, 2.45) is 7.05 Å². The summed E-state index contributed by atoms with van der Waals surface area (Å²) in [5.41, 5.74) is -1.52. The lowest BCUT2D eigenvalue weighted by Gasteiger charge is -2.42. The predicted octanol–water partition coefficient (Wildman–Crippen LogP) is 6.80. The van der Waals surface area contributed by atoms with Crippen molar-refractivity contribution in [3.63, 3.8) is 0 Å². The molecule has 5 aromatic rings. The number of ether oxygens (including phenoxy) is 2. The number of pyridine rings is 1. The summed E-state index contributed by atoms with van der Waals surface area (Å²) in [7, 11) is 1.71. The summed E-state index contributed by atoms with van der Waals surface area (Å²) in [5.74, 6) is 0.510. The van der Waals surface area contributed by atoms with E-state index in [9.17, 15) is 14.4 Å². The Kier molecular flexibility index (Phi) is 8.21. The maximum Gasteiger partial charge on any atom is 0.417 e. The molecule has 0 radical (unpaired) electrons. The van der Waals surface area contributed by atoms with Crippen molar-refractivity contribution in [2.75, 3.05) is 37.7 Å². The second-order valence-electron chi connectivity index (χ2n) is 16.7. The van der Waals surface area contributed by atoms with E-state index >= 15 is 13.2 Å². The Hall–Kier alpha value is -5.24. The number of nitrogens with zero attached hydrogens (tertiary/aromatic N) is 9. The summed E-state index contributed by atoms with van der Waals surface area (Å²) in [6.45, 7) is 9.05. The SMILES string of the molecule is Cc1cc2[nH]nc(C#N)c2c(-c2nccc3c4c(N5C[C@H]6CC[C@@H](C5)N6C(=O)OC(C)(C)C)nc(OC[C@@]56CCCN5C[C@H](F)C6)nc4n(C)c23)c1C(F)(F)F. The standard InChI is InChI=1S/C39H42F4N10O3/c1-20-13-25-28(26(15-44)49-48-25)29(30(20)39(41,42)43)31-32-24(9-11-45-31)27-33(50(32)5)46-35(55-19-38-10-6-12-52(38)16-21(40)14-38)47-34(27)51-17-22-7-8-23(18-51)53(22)36(54)56-37(2,3)4/h9,11,13,21-23H,6-8,10,12,14,16-19H2,1-5H3,(H,48,49)/t21-,22-,23+,38+/m1/s1. The van der Waals surface area contributed by atoms with Gasteiger partial charge in [-0.15, -0.1) is 0 Å². The van der Waals surface area contributed by atoms with Crippen molar-refractivity contribution in [1.29, 1.82) is 5.26 Å². The van der Waals surface area contributed by atoms with Crippen molar-refractivity contribution in [3.05, 3.63) is 35.2 Å². The maximum absolute atomic E-state index is 15.1. The number of alkyl halides is 4. The number of nitrogens with one attached hydrogen (secondary N) is 1. The van der Waals surface area contributed by atoms with E-state index in [2.05, 4.69) is 25.0 Å². The van der Waals surface area contributed by atoms with Gasteiger partial charge >= 0.3 is 18.3 Å². The van der Waals surface area contributed by atoms with E-state index in [1.165, 1.54) is 19.2 Å². The predicted molar refractivity (Wildman–Crippen MR) is 199 cm³/mol. The van der Waals surface area contributed by atoms with Crippen LogP contribution in [0, 0.1) is 18.3 Å². The molecule has 294 valence electrons. The molecule has 17 heteroatoms. The van der Waals surface area contributed by atoms with Gasteiger partial charge in [-0.3, -0.25) is 19.9 Å². The normalized spacial score (nSPS) is 24.1. The minimum absolute atomic E-state index is 0.00517. The number of H-pyrrole nitrogens is 1. The van der Waals surface area contributed by atoms with E-state index in [0.717, 1.165) is 32.2 Å². The van der Waals surface area contributed by atoms with Gasteiger partial charge in [-0.1, -0.05) is 0 Å². The highest BCUT2D eigenvalue weighted by atomic mass is 19.4. The minimum Gasteiger partial charge on any atom is -0.461 e. The number of aryl methyl sites for hydroxylation is 2. The number of hydrogen-bond acceptors (Lipinski definition) is 10. The summed E-state index contributed by atoms with van der Waals surface area (Å²) in [6.07, 6.45) is -1.06. The molecule has 0 unspecified atom stereocenters. The third-order valence-corrected chi connectivity index (χ3v) is 12.0. The molecule has 1 N–H and O–H groups in total. The smallest absolute Gasteiger partial charge is 0.417 e. The van der Waals surface area contributed by atoms with Gasteiger partial charge in [0.2, 0.25) is 0 Å². The monoisotopic (exact) mass is 774 g/mol. The Bertz CT molecular complexity index is 2450. The lowest BCUT2D eigenvalue weighted by molar-refractivity contribution is -0.137. The van der Waals surface area contributed by atoms with Gasteiger partial charge in [0.15, 0.2) is 5.69 Å². The molecule has 4 aliphatic heterocycles. The number of aromatic amines is 1. The van der Waals surface area contributed by atoms with Gasteiger partial charge < -0.3 is 18.9 Å². The van der Waals surface area contributed by atoms with Crippen LogP contribution < -0.4 is 9.64 Å². The molecule has 2 bridgehead atoms. The van der Waals surface area contributed by atoms with Crippen LogP contribution in [0.2, 0.25) is 0 Å². The van der Waals surface area contributed by atoms with E-state index in [1.54, 1.807) is 17.7 Å². The van der Waals surface area contributed by atoms with Crippen molar-refractivity contribution >= 4 is 44.8 Å². The highest BCUT2D eigenvalue weighted by Crippen LogP contribution is 2.48. The number of nitriles is 1. The van der Waals surface area contributed by atoms with Gasteiger partial charge in [0.05, 0.1) is 45.3 Å². The summed E-state index contributed by atoms with van der Waals surface area (Å²) in [4.78, 5) is 33.9. The van der Waals surface area contributed by atoms with Gasteiger partial charge in [0.25, 0.3) is 0 Å². The number of anilines is 1. The molecule has 1 amide bonds. The molecule has 9 rings (SSSR count). The number of rotatable bonds is 5. The summed E-state index contributed by atoms with van der Waals surface area (Å²) >= 11 is 0. The number of benzene rings is 1. The third kappa shape index (κ3) is 5.69. The maximum atomic E-state index is 15.1. The second kappa shape index (κ2) is 12.6. The van der Waals surface area contributed by atoms with E-state index in [0.29, 0.717) is 53.8 Å². The first kappa shape index (κ1) is 36.4. The van der Waals surface area contributed by atoms with E-state index < -0.39 is 29.1 Å². The number of aromatic nitrogens is 6. The lowest BCUT2D eigenvalue weighted by atomic mass is 9.92. The largest absolute Gasteiger partial charge is 0.461 e. The third-order valence-electron chi connectivity index (χ3n) is 12.0. The van der Waals surface area contributed by atoms with Crippen molar-refractivity contribution in [1.82, 2.24) is 39.5 Å². The summed E-state index contributed by atoms with van der Waals surface area (Å²) < 4.78 is 73.8. The van der Waals surface area contributed by atoms with Crippen molar-refractivity contribution in [3.8, 4) is 23.3 Å². The number of halogens is 4. The molecular weight excluding hydrogens is 732 g/mol. The second-order valence-corrected chi connectivity index (χ2v) is 16.7. The zero-order valence-electron chi connectivity index (χ0n) is 31.8. The van der Waals surface area contributed by atoms with Gasteiger partial charge in [-0.2, -0.15) is 33.5 Å². The van der Waals surface area contributed by atoms with Crippen LogP contribution in [0.4, 0.5) is 28.2 Å². The molecular formula is C39H42F4N10O3. The van der Waals surface area contributed by atoms with Crippen LogP contribution in [0.5, 0.6) is 6.01 Å². The molecule has 0 spiro atoms. The van der Waals surface area contributed by atoms with Crippen molar-refractivity contribution < 1.29 is 31.8 Å². The number of hydrogen-bond donors (Lipinski definition) is 1. The Morgan fingerprint density at radius 1 is 1.12 bits per heavy atom. The Labute approximate surface area is 319 Å². The first-order valence-corrected chi connectivity index (χ1v) is 19.0. The molecule has 4 atom stereocenters. The summed E-state index contributed by atoms with van der Waals surface area (Å²) in [5, 5.41) is 17.9. The molecule has 56 heavy (non-hydrogen) atoms. The first-order valence-electron chi connectivity index (χ1n) is 19.0. The molecule has 4 aromatic heterocycles. The van der Waals surface area contributed by atoms with E-state index in [1.807, 2.05) is 31.7 Å². The Morgan fingerprint density at radius 2 is 1.88 bits per heavy atom. The zero-order valence-corrected chi connectivity index (χ0v) is 31.8. The molecule has 0 aliphatic carbocycles. The number of amides is 1. The fraction of sp³-hybridized carbons (Fsp3) is 0.538. The van der Waals surface area contributed by atoms with Gasteiger partial charge in [0.1, 0.15) is 35.9 Å². The van der Waals surface area contributed by atoms with Gasteiger partial charge in [-0.25, -0.2) is 9.18 Å². The highest BCUT2D eigenvalue weighted by molar-refractivity contribution is 6.17. The Morgan fingerprint density at radius 3 is 2.57 bits per heavy atom. The average Bonchev–Trinajstić information content (AvgIpc) is 3.91. The molecule has 0 saturated carbocycles. The van der Waals surface area contributed by atoms with Crippen LogP contribution in [0.3, 0.4) is 0 Å². The van der Waals surface area contributed by atoms with Crippen LogP contribution >= 0.6 is 0 Å². The molecule has 1 aromatic carbocycles. The van der Waals surface area contributed by atoms with E-state index in [-0.39, 0.29) is 64.2 Å². The first-order chi connectivity index (χ1) is 26.6. The fourth-order valence-corrected chi connectivity index (χ4v) is 9.82. The van der Waals surface area contributed by atoms with Crippen molar-refractivity contribution in [2.45, 2.75) is 95.4 Å². The Balaban J connectivity index is 1.23. The lowest BCUT2D eigenvalue weighted by Crippen LogP contribution is -2.57. The quantitative estimate of drug-likeness (QED) is 0.190. The van der Waals surface area contributed by atoms with Crippen LogP contribution in [0.25, 0.3) is 44.1 Å². The topological polar surface area (TPSA) is 141 Å².